The molecule has 0 unspecified atom stereocenters. The van der Waals surface area contributed by atoms with Gasteiger partial charge in [0.15, 0.2) is 0 Å². The van der Waals surface area contributed by atoms with Crippen molar-refractivity contribution in [3.63, 3.8) is 0 Å². The zero-order valence-electron chi connectivity index (χ0n) is 9.72. The summed E-state index contributed by atoms with van der Waals surface area (Å²) in [5.74, 6) is -0.945. The summed E-state index contributed by atoms with van der Waals surface area (Å²) in [6, 6.07) is 6.91. The van der Waals surface area contributed by atoms with Gasteiger partial charge in [-0.3, -0.25) is 4.68 Å². The van der Waals surface area contributed by atoms with Crippen molar-refractivity contribution in [2.45, 2.75) is 6.54 Å². The Bertz CT molecular complexity index is 580. The quantitative estimate of drug-likeness (QED) is 0.910. The van der Waals surface area contributed by atoms with Crippen molar-refractivity contribution in [1.82, 2.24) is 9.78 Å². The molecule has 0 aliphatic heterocycles. The van der Waals surface area contributed by atoms with Crippen LogP contribution in [0.3, 0.4) is 0 Å². The molecule has 2 N–H and O–H groups in total. The van der Waals surface area contributed by atoms with Gasteiger partial charge in [-0.25, -0.2) is 4.79 Å². The minimum atomic E-state index is -0.945. The topological polar surface area (TPSA) is 67.2 Å². The van der Waals surface area contributed by atoms with Crippen LogP contribution in [-0.4, -0.2) is 20.9 Å². The first-order valence-electron chi connectivity index (χ1n) is 5.31. The van der Waals surface area contributed by atoms with Crippen LogP contribution in [0.25, 0.3) is 0 Å². The number of aryl methyl sites for hydroxylation is 1. The van der Waals surface area contributed by atoms with Gasteiger partial charge in [0.25, 0.3) is 0 Å². The SMILES string of the molecule is Cn1nccc1CNc1cc(Br)cc(C(=O)O)c1. The fourth-order valence-corrected chi connectivity index (χ4v) is 2.08. The van der Waals surface area contributed by atoms with E-state index < -0.39 is 5.97 Å². The van der Waals surface area contributed by atoms with E-state index in [1.807, 2.05) is 19.2 Å². The minimum Gasteiger partial charge on any atom is -0.478 e. The van der Waals surface area contributed by atoms with E-state index in [1.54, 1.807) is 23.0 Å². The van der Waals surface area contributed by atoms with E-state index in [0.29, 0.717) is 6.54 Å². The lowest BCUT2D eigenvalue weighted by molar-refractivity contribution is 0.0697. The number of rotatable bonds is 4. The Morgan fingerprint density at radius 1 is 1.50 bits per heavy atom. The Hall–Kier alpha value is -1.82. The third kappa shape index (κ3) is 2.89. The van der Waals surface area contributed by atoms with Crippen LogP contribution in [0.15, 0.2) is 34.9 Å². The smallest absolute Gasteiger partial charge is 0.335 e. The van der Waals surface area contributed by atoms with E-state index >= 15 is 0 Å². The van der Waals surface area contributed by atoms with Crippen molar-refractivity contribution in [3.05, 3.63) is 46.2 Å². The summed E-state index contributed by atoms with van der Waals surface area (Å²) < 4.78 is 2.50. The highest BCUT2D eigenvalue weighted by Crippen LogP contribution is 2.20. The molecule has 0 bridgehead atoms. The molecule has 1 aromatic heterocycles. The number of hydrogen-bond donors (Lipinski definition) is 2. The number of aromatic carboxylic acids is 1. The molecule has 5 nitrogen and oxygen atoms in total. The summed E-state index contributed by atoms with van der Waals surface area (Å²) in [5.41, 5.74) is 2.02. The maximum atomic E-state index is 10.9. The number of aromatic nitrogens is 2. The maximum Gasteiger partial charge on any atom is 0.335 e. The molecule has 1 aromatic carbocycles. The first kappa shape index (κ1) is 12.6. The summed E-state index contributed by atoms with van der Waals surface area (Å²) in [4.78, 5) is 10.9. The molecule has 0 spiro atoms. The first-order chi connectivity index (χ1) is 8.56. The highest BCUT2D eigenvalue weighted by Gasteiger charge is 2.06. The predicted molar refractivity (Wildman–Crippen MR) is 71.6 cm³/mol. The monoisotopic (exact) mass is 309 g/mol. The molecule has 94 valence electrons. The second-order valence-corrected chi connectivity index (χ2v) is 4.75. The summed E-state index contributed by atoms with van der Waals surface area (Å²) in [6.07, 6.45) is 1.72. The summed E-state index contributed by atoms with van der Waals surface area (Å²) in [6.45, 7) is 0.589. The van der Waals surface area contributed by atoms with Gasteiger partial charge in [-0.2, -0.15) is 5.10 Å². The zero-order chi connectivity index (χ0) is 13.1. The van der Waals surface area contributed by atoms with E-state index in [1.165, 1.54) is 0 Å². The Kier molecular flexibility index (Phi) is 3.66. The van der Waals surface area contributed by atoms with E-state index in [9.17, 15) is 4.79 Å². The van der Waals surface area contributed by atoms with Gasteiger partial charge in [0.2, 0.25) is 0 Å². The lowest BCUT2D eigenvalue weighted by Crippen LogP contribution is -2.06. The van der Waals surface area contributed by atoms with Crippen molar-refractivity contribution in [2.75, 3.05) is 5.32 Å². The van der Waals surface area contributed by atoms with Crippen molar-refractivity contribution >= 4 is 27.6 Å². The number of nitrogens with zero attached hydrogens (tertiary/aromatic N) is 2. The van der Waals surface area contributed by atoms with Crippen molar-refractivity contribution in [1.29, 1.82) is 0 Å². The number of carboxylic acid groups (broad SMARTS) is 1. The molecule has 0 fully saturated rings. The van der Waals surface area contributed by atoms with Gasteiger partial charge in [0, 0.05) is 23.4 Å². The molecule has 0 saturated heterocycles. The highest BCUT2D eigenvalue weighted by atomic mass is 79.9. The van der Waals surface area contributed by atoms with E-state index in [2.05, 4.69) is 26.3 Å². The van der Waals surface area contributed by atoms with Gasteiger partial charge in [-0.15, -0.1) is 0 Å². The molecule has 0 atom stereocenters. The second-order valence-electron chi connectivity index (χ2n) is 3.83. The molecule has 6 heteroatoms. The first-order valence-corrected chi connectivity index (χ1v) is 6.10. The standard InChI is InChI=1S/C12H12BrN3O2/c1-16-11(2-3-15-16)7-14-10-5-8(12(17)18)4-9(13)6-10/h2-6,14H,7H2,1H3,(H,17,18). The third-order valence-electron chi connectivity index (χ3n) is 2.54. The fourth-order valence-electron chi connectivity index (χ4n) is 1.58. The number of nitrogens with one attached hydrogen (secondary N) is 1. The van der Waals surface area contributed by atoms with Crippen LogP contribution < -0.4 is 5.32 Å². The third-order valence-corrected chi connectivity index (χ3v) is 3.00. The van der Waals surface area contributed by atoms with E-state index in [-0.39, 0.29) is 5.56 Å². The summed E-state index contributed by atoms with van der Waals surface area (Å²) in [5, 5.41) is 16.2. The van der Waals surface area contributed by atoms with Gasteiger partial charge in [-0.05, 0) is 24.3 Å². The van der Waals surface area contributed by atoms with Crippen LogP contribution in [0.1, 0.15) is 16.1 Å². The molecule has 0 amide bonds. The molecule has 0 saturated carbocycles. The fraction of sp³-hybridized carbons (Fsp3) is 0.167. The number of carboxylic acids is 1. The summed E-state index contributed by atoms with van der Waals surface area (Å²) >= 11 is 3.29. The van der Waals surface area contributed by atoms with Gasteiger partial charge in [-0.1, -0.05) is 15.9 Å². The zero-order valence-corrected chi connectivity index (χ0v) is 11.3. The highest BCUT2D eigenvalue weighted by molar-refractivity contribution is 9.10. The molecule has 2 aromatic rings. The predicted octanol–water partition coefficient (Wildman–Crippen LogP) is 2.49. The number of benzene rings is 1. The molecule has 18 heavy (non-hydrogen) atoms. The van der Waals surface area contributed by atoms with E-state index in [0.717, 1.165) is 15.9 Å². The second kappa shape index (κ2) is 5.22. The maximum absolute atomic E-state index is 10.9. The van der Waals surface area contributed by atoms with Crippen LogP contribution in [-0.2, 0) is 13.6 Å². The van der Waals surface area contributed by atoms with Crippen LogP contribution in [0.5, 0.6) is 0 Å². The molecular formula is C12H12BrN3O2. The normalized spacial score (nSPS) is 10.3. The average molecular weight is 310 g/mol. The van der Waals surface area contributed by atoms with Crippen LogP contribution in [0, 0.1) is 0 Å². The molecule has 0 aliphatic rings. The number of halogens is 1. The number of carbonyl (C=O) groups is 1. The molecule has 2 rings (SSSR count). The number of hydrogen-bond acceptors (Lipinski definition) is 3. The van der Waals surface area contributed by atoms with Gasteiger partial charge in [0.05, 0.1) is 17.8 Å². The van der Waals surface area contributed by atoms with Crippen LogP contribution >= 0.6 is 15.9 Å². The van der Waals surface area contributed by atoms with Crippen LogP contribution in [0.2, 0.25) is 0 Å². The van der Waals surface area contributed by atoms with Gasteiger partial charge >= 0.3 is 5.97 Å². The van der Waals surface area contributed by atoms with Crippen molar-refractivity contribution in [3.8, 4) is 0 Å². The lowest BCUT2D eigenvalue weighted by Gasteiger charge is -2.08. The van der Waals surface area contributed by atoms with Crippen LogP contribution in [0.4, 0.5) is 5.69 Å². The summed E-state index contributed by atoms with van der Waals surface area (Å²) in [7, 11) is 1.86. The van der Waals surface area contributed by atoms with E-state index in [4.69, 9.17) is 5.11 Å². The molecule has 1 heterocycles. The molecule has 0 radical (unpaired) electrons. The van der Waals surface area contributed by atoms with Crippen molar-refractivity contribution < 1.29 is 9.90 Å². The lowest BCUT2D eigenvalue weighted by atomic mass is 10.2. The Morgan fingerprint density at radius 3 is 2.89 bits per heavy atom. The van der Waals surface area contributed by atoms with Crippen molar-refractivity contribution in [2.24, 2.45) is 7.05 Å². The molecular weight excluding hydrogens is 298 g/mol. The average Bonchev–Trinajstić information content (AvgIpc) is 2.71. The largest absolute Gasteiger partial charge is 0.478 e. The minimum absolute atomic E-state index is 0.247. The van der Waals surface area contributed by atoms with Gasteiger partial charge < -0.3 is 10.4 Å². The Labute approximate surface area is 113 Å². The number of anilines is 1. The Morgan fingerprint density at radius 2 is 2.28 bits per heavy atom. The Balaban J connectivity index is 2.14. The van der Waals surface area contributed by atoms with Gasteiger partial charge in [0.1, 0.15) is 0 Å². The molecule has 0 aliphatic carbocycles.